The molecule has 0 aliphatic heterocycles. The second kappa shape index (κ2) is 5.62. The highest BCUT2D eigenvalue weighted by molar-refractivity contribution is 5.98. The summed E-state index contributed by atoms with van der Waals surface area (Å²) in [5.74, 6) is -1.86. The van der Waals surface area contributed by atoms with Gasteiger partial charge in [0.2, 0.25) is 5.96 Å². The first kappa shape index (κ1) is 13.4. The lowest BCUT2D eigenvalue weighted by Crippen LogP contribution is -2.26. The standard InChI is InChI=1S/C10H12FN5O2/c1-18-8(17)6-3-2-5(11)4-7(6)15-10(14)16-9(12)13/h2-4H,1H3,(H6,12,13,14,15,16). The number of methoxy groups -OCH3 is 1. The summed E-state index contributed by atoms with van der Waals surface area (Å²) in [6, 6.07) is 3.34. The maximum atomic E-state index is 13.1. The van der Waals surface area contributed by atoms with E-state index in [0.29, 0.717) is 0 Å². The van der Waals surface area contributed by atoms with E-state index >= 15 is 0 Å². The molecule has 1 rings (SSSR count). The van der Waals surface area contributed by atoms with E-state index in [-0.39, 0.29) is 23.2 Å². The zero-order valence-corrected chi connectivity index (χ0v) is 9.55. The number of carbonyl (C=O) groups is 1. The number of esters is 1. The zero-order chi connectivity index (χ0) is 13.7. The number of benzene rings is 1. The number of guanidine groups is 2. The van der Waals surface area contributed by atoms with E-state index in [0.717, 1.165) is 12.1 Å². The van der Waals surface area contributed by atoms with Crippen LogP contribution < -0.4 is 17.2 Å². The third kappa shape index (κ3) is 3.44. The Morgan fingerprint density at radius 3 is 2.56 bits per heavy atom. The van der Waals surface area contributed by atoms with E-state index in [9.17, 15) is 9.18 Å². The largest absolute Gasteiger partial charge is 0.465 e. The highest BCUT2D eigenvalue weighted by Gasteiger charge is 2.12. The molecule has 0 saturated heterocycles. The first-order valence-corrected chi connectivity index (χ1v) is 4.75. The molecule has 0 amide bonds. The predicted octanol–water partition coefficient (Wildman–Crippen LogP) is -0.168. The molecule has 18 heavy (non-hydrogen) atoms. The van der Waals surface area contributed by atoms with Crippen molar-refractivity contribution in [2.24, 2.45) is 27.2 Å². The molecule has 0 aromatic heterocycles. The molecule has 0 fully saturated rings. The van der Waals surface area contributed by atoms with Gasteiger partial charge >= 0.3 is 5.97 Å². The highest BCUT2D eigenvalue weighted by Crippen LogP contribution is 2.21. The van der Waals surface area contributed by atoms with Gasteiger partial charge in [0.05, 0.1) is 18.4 Å². The number of ether oxygens (including phenoxy) is 1. The summed E-state index contributed by atoms with van der Waals surface area (Å²) < 4.78 is 17.6. The van der Waals surface area contributed by atoms with Crippen molar-refractivity contribution in [3.8, 4) is 0 Å². The topological polar surface area (TPSA) is 129 Å². The molecule has 0 aliphatic carbocycles. The van der Waals surface area contributed by atoms with E-state index in [1.165, 1.54) is 13.2 Å². The van der Waals surface area contributed by atoms with E-state index in [1.807, 2.05) is 0 Å². The SMILES string of the molecule is COC(=O)c1ccc(F)cc1N=C(N)N=C(N)N. The fourth-order valence-corrected chi connectivity index (χ4v) is 1.16. The van der Waals surface area contributed by atoms with Gasteiger partial charge in [0, 0.05) is 6.07 Å². The van der Waals surface area contributed by atoms with Gasteiger partial charge in [0.15, 0.2) is 5.96 Å². The van der Waals surface area contributed by atoms with Gasteiger partial charge in [-0.25, -0.2) is 14.2 Å². The summed E-state index contributed by atoms with van der Waals surface area (Å²) in [6.07, 6.45) is 0. The third-order valence-corrected chi connectivity index (χ3v) is 1.84. The second-order valence-electron chi connectivity index (χ2n) is 3.16. The van der Waals surface area contributed by atoms with Gasteiger partial charge in [0.1, 0.15) is 5.82 Å². The van der Waals surface area contributed by atoms with Crippen LogP contribution in [0.1, 0.15) is 10.4 Å². The van der Waals surface area contributed by atoms with E-state index in [1.54, 1.807) is 0 Å². The summed E-state index contributed by atoms with van der Waals surface area (Å²) in [5, 5.41) is 0. The molecule has 1 aromatic rings. The minimum absolute atomic E-state index is 0.0237. The molecule has 0 heterocycles. The van der Waals surface area contributed by atoms with Crippen molar-refractivity contribution >= 4 is 23.6 Å². The van der Waals surface area contributed by atoms with Crippen molar-refractivity contribution in [2.75, 3.05) is 7.11 Å². The Bertz CT molecular complexity index is 523. The van der Waals surface area contributed by atoms with E-state index in [4.69, 9.17) is 17.2 Å². The van der Waals surface area contributed by atoms with Gasteiger partial charge in [-0.3, -0.25) is 0 Å². The molecular formula is C10H12FN5O2. The fraction of sp³-hybridized carbons (Fsp3) is 0.100. The molecule has 0 saturated carbocycles. The Balaban J connectivity index is 3.26. The van der Waals surface area contributed by atoms with Gasteiger partial charge < -0.3 is 21.9 Å². The molecule has 96 valence electrons. The van der Waals surface area contributed by atoms with Crippen LogP contribution in [0.4, 0.5) is 10.1 Å². The average Bonchev–Trinajstić information content (AvgIpc) is 2.27. The van der Waals surface area contributed by atoms with Crippen LogP contribution >= 0.6 is 0 Å². The van der Waals surface area contributed by atoms with Gasteiger partial charge in [-0.2, -0.15) is 4.99 Å². The van der Waals surface area contributed by atoms with Gasteiger partial charge in [-0.1, -0.05) is 0 Å². The van der Waals surface area contributed by atoms with Gasteiger partial charge in [-0.15, -0.1) is 0 Å². The quantitative estimate of drug-likeness (QED) is 0.383. The molecule has 1 aromatic carbocycles. The maximum Gasteiger partial charge on any atom is 0.340 e. The normalized spacial score (nSPS) is 10.9. The molecule has 7 nitrogen and oxygen atoms in total. The van der Waals surface area contributed by atoms with E-state index < -0.39 is 11.8 Å². The number of carbonyl (C=O) groups excluding carboxylic acids is 1. The number of hydrogen-bond acceptors (Lipinski definition) is 3. The minimum atomic E-state index is -0.675. The van der Waals surface area contributed by atoms with Crippen LogP contribution in [-0.4, -0.2) is 25.0 Å². The molecule has 6 N–H and O–H groups in total. The molecule has 0 aliphatic rings. The van der Waals surface area contributed by atoms with Gasteiger partial charge in [-0.05, 0) is 12.1 Å². The van der Waals surface area contributed by atoms with Crippen molar-refractivity contribution in [1.82, 2.24) is 0 Å². The van der Waals surface area contributed by atoms with Crippen LogP contribution in [0.5, 0.6) is 0 Å². The predicted molar refractivity (Wildman–Crippen MR) is 64.8 cm³/mol. The monoisotopic (exact) mass is 253 g/mol. The molecule has 8 heteroatoms. The molecule has 0 unspecified atom stereocenters. The zero-order valence-electron chi connectivity index (χ0n) is 9.55. The minimum Gasteiger partial charge on any atom is -0.465 e. The van der Waals surface area contributed by atoms with Crippen LogP contribution in [0, 0.1) is 5.82 Å². The van der Waals surface area contributed by atoms with E-state index in [2.05, 4.69) is 14.7 Å². The molecule has 0 radical (unpaired) electrons. The van der Waals surface area contributed by atoms with Crippen LogP contribution in [0.25, 0.3) is 0 Å². The average molecular weight is 253 g/mol. The lowest BCUT2D eigenvalue weighted by Gasteiger charge is -2.04. The van der Waals surface area contributed by atoms with Crippen molar-refractivity contribution in [1.29, 1.82) is 0 Å². The summed E-state index contributed by atoms with van der Waals surface area (Å²) in [5.41, 5.74) is 15.6. The van der Waals surface area contributed by atoms with Crippen molar-refractivity contribution in [3.63, 3.8) is 0 Å². The molecule has 0 spiro atoms. The Hall–Kier alpha value is -2.64. The van der Waals surface area contributed by atoms with Crippen molar-refractivity contribution in [3.05, 3.63) is 29.6 Å². The van der Waals surface area contributed by atoms with Crippen LogP contribution in [0.15, 0.2) is 28.2 Å². The lowest BCUT2D eigenvalue weighted by molar-refractivity contribution is 0.0601. The first-order valence-electron chi connectivity index (χ1n) is 4.75. The van der Waals surface area contributed by atoms with Crippen LogP contribution in [-0.2, 0) is 4.74 Å². The maximum absolute atomic E-state index is 13.1. The van der Waals surface area contributed by atoms with Crippen LogP contribution in [0.2, 0.25) is 0 Å². The summed E-state index contributed by atoms with van der Waals surface area (Å²) in [4.78, 5) is 18.6. The lowest BCUT2D eigenvalue weighted by atomic mass is 10.2. The van der Waals surface area contributed by atoms with Crippen molar-refractivity contribution < 1.29 is 13.9 Å². The first-order chi connectivity index (χ1) is 8.43. The summed E-state index contributed by atoms with van der Waals surface area (Å²) >= 11 is 0. The number of nitrogens with zero attached hydrogens (tertiary/aromatic N) is 2. The smallest absolute Gasteiger partial charge is 0.340 e. The molecule has 0 atom stereocenters. The number of hydrogen-bond donors (Lipinski definition) is 3. The fourth-order valence-electron chi connectivity index (χ4n) is 1.16. The molecule has 0 bridgehead atoms. The second-order valence-corrected chi connectivity index (χ2v) is 3.16. The Morgan fingerprint density at radius 1 is 1.33 bits per heavy atom. The Kier molecular flexibility index (Phi) is 4.19. The number of rotatable bonds is 2. The van der Waals surface area contributed by atoms with Crippen LogP contribution in [0.3, 0.4) is 0 Å². The number of aliphatic imine (C=N–C) groups is 2. The van der Waals surface area contributed by atoms with Gasteiger partial charge in [0.25, 0.3) is 0 Å². The van der Waals surface area contributed by atoms with Crippen molar-refractivity contribution in [2.45, 2.75) is 0 Å². The number of halogens is 1. The Labute approximate surface area is 102 Å². The summed E-state index contributed by atoms with van der Waals surface area (Å²) in [6.45, 7) is 0. The molecular weight excluding hydrogens is 241 g/mol. The summed E-state index contributed by atoms with van der Waals surface area (Å²) in [7, 11) is 1.19. The highest BCUT2D eigenvalue weighted by atomic mass is 19.1. The third-order valence-electron chi connectivity index (χ3n) is 1.84. The Morgan fingerprint density at radius 2 is 2.00 bits per heavy atom. The number of nitrogens with two attached hydrogens (primary N) is 3.